The standard InChI is InChI=1S/C32H48N2O3/c1-20(34(5)6)24-14-15-25-23-12-13-27-29(37-21(2)35)28(33-30(36)22-10-8-7-9-11-22)17-19-32(27,4)26(23)16-18-31(24,25)3/h7-11,20,23-29H,12-19H2,1-6H3,(H,33,36)/t20-,23+,24-,25+,26+,27+,28+,29-,31-,32-/m1/s1. The molecule has 0 unspecified atom stereocenters. The number of ether oxygens (including phenoxy) is 1. The zero-order chi connectivity index (χ0) is 26.5. The first-order valence-corrected chi connectivity index (χ1v) is 14.8. The molecule has 4 aliphatic carbocycles. The van der Waals surface area contributed by atoms with Crippen molar-refractivity contribution >= 4 is 11.9 Å². The SMILES string of the molecule is CC(=O)O[C@H]1[C@@H](NC(=O)c2ccccc2)CC[C@]2(C)[C@H]3CC[C@]4(C)[C@@H]([C@@H](C)N(C)C)CC[C@H]4[C@@H]3CC[C@@H]12. The first-order chi connectivity index (χ1) is 17.6. The van der Waals surface area contributed by atoms with Gasteiger partial charge in [0.2, 0.25) is 0 Å². The summed E-state index contributed by atoms with van der Waals surface area (Å²) in [6.45, 7) is 9.05. The molecule has 4 aliphatic rings. The Labute approximate surface area is 224 Å². The summed E-state index contributed by atoms with van der Waals surface area (Å²) in [5.41, 5.74) is 1.25. The summed E-state index contributed by atoms with van der Waals surface area (Å²) in [4.78, 5) is 27.8. The van der Waals surface area contributed by atoms with Crippen LogP contribution in [0.4, 0.5) is 0 Å². The van der Waals surface area contributed by atoms with E-state index in [1.165, 1.54) is 39.0 Å². The number of carbonyl (C=O) groups is 2. The van der Waals surface area contributed by atoms with Gasteiger partial charge in [-0.15, -0.1) is 0 Å². The van der Waals surface area contributed by atoms with Gasteiger partial charge in [0.1, 0.15) is 6.10 Å². The quantitative estimate of drug-likeness (QED) is 0.501. The average Bonchev–Trinajstić information content (AvgIpc) is 3.22. The van der Waals surface area contributed by atoms with E-state index in [4.69, 9.17) is 4.74 Å². The predicted octanol–water partition coefficient (Wildman–Crippen LogP) is 5.94. The monoisotopic (exact) mass is 508 g/mol. The van der Waals surface area contributed by atoms with Crippen LogP contribution in [0.3, 0.4) is 0 Å². The predicted molar refractivity (Wildman–Crippen MR) is 147 cm³/mol. The summed E-state index contributed by atoms with van der Waals surface area (Å²) in [6, 6.07) is 9.89. The first kappa shape index (κ1) is 26.7. The fourth-order valence-electron chi connectivity index (χ4n) is 9.85. The van der Waals surface area contributed by atoms with Gasteiger partial charge in [-0.3, -0.25) is 9.59 Å². The molecular formula is C32H48N2O3. The van der Waals surface area contributed by atoms with E-state index < -0.39 is 0 Å². The van der Waals surface area contributed by atoms with E-state index in [0.29, 0.717) is 28.9 Å². The van der Waals surface area contributed by atoms with Gasteiger partial charge in [-0.25, -0.2) is 0 Å². The molecule has 0 heterocycles. The summed E-state index contributed by atoms with van der Waals surface area (Å²) in [5, 5.41) is 3.26. The highest BCUT2D eigenvalue weighted by Gasteiger charge is 2.62. The van der Waals surface area contributed by atoms with Crippen LogP contribution in [-0.4, -0.2) is 49.1 Å². The zero-order valence-electron chi connectivity index (χ0n) is 23.8. The molecule has 10 atom stereocenters. The molecule has 0 bridgehead atoms. The van der Waals surface area contributed by atoms with Gasteiger partial charge in [0.05, 0.1) is 6.04 Å². The van der Waals surface area contributed by atoms with E-state index in [0.717, 1.165) is 37.0 Å². The highest BCUT2D eigenvalue weighted by Crippen LogP contribution is 2.68. The second kappa shape index (κ2) is 10.0. The Bertz CT molecular complexity index is 995. The van der Waals surface area contributed by atoms with Crippen LogP contribution in [0.15, 0.2) is 30.3 Å². The Morgan fingerprint density at radius 3 is 2.24 bits per heavy atom. The number of benzene rings is 1. The average molecular weight is 509 g/mol. The van der Waals surface area contributed by atoms with Crippen molar-refractivity contribution in [1.29, 1.82) is 0 Å². The number of hydrogen-bond donors (Lipinski definition) is 1. The number of rotatable bonds is 5. The maximum Gasteiger partial charge on any atom is 0.302 e. The lowest BCUT2D eigenvalue weighted by Crippen LogP contribution is -2.62. The van der Waals surface area contributed by atoms with Crippen molar-refractivity contribution in [2.45, 2.75) is 97.2 Å². The number of esters is 1. The van der Waals surface area contributed by atoms with Crippen molar-refractivity contribution in [3.63, 3.8) is 0 Å². The molecule has 4 saturated carbocycles. The number of nitrogens with one attached hydrogen (secondary N) is 1. The molecule has 204 valence electrons. The highest BCUT2D eigenvalue weighted by molar-refractivity contribution is 5.94. The maximum absolute atomic E-state index is 13.1. The minimum Gasteiger partial charge on any atom is -0.460 e. The molecule has 0 saturated heterocycles. The summed E-state index contributed by atoms with van der Waals surface area (Å²) in [7, 11) is 4.48. The normalized spacial score (nSPS) is 41.8. The third kappa shape index (κ3) is 4.53. The van der Waals surface area contributed by atoms with Gasteiger partial charge in [-0.1, -0.05) is 32.0 Å². The molecule has 37 heavy (non-hydrogen) atoms. The summed E-state index contributed by atoms with van der Waals surface area (Å²) in [5.74, 6) is 3.03. The first-order valence-electron chi connectivity index (χ1n) is 14.8. The Hall–Kier alpha value is -1.88. The molecule has 1 aromatic rings. The molecule has 4 fully saturated rings. The zero-order valence-corrected chi connectivity index (χ0v) is 23.8. The van der Waals surface area contributed by atoms with Crippen molar-refractivity contribution < 1.29 is 14.3 Å². The fourth-order valence-corrected chi connectivity index (χ4v) is 9.85. The van der Waals surface area contributed by atoms with E-state index >= 15 is 0 Å². The van der Waals surface area contributed by atoms with E-state index in [1.807, 2.05) is 30.3 Å². The number of hydrogen-bond acceptors (Lipinski definition) is 4. The van der Waals surface area contributed by atoms with Gasteiger partial charge in [-0.2, -0.15) is 0 Å². The van der Waals surface area contributed by atoms with Crippen molar-refractivity contribution in [3.8, 4) is 0 Å². The lowest BCUT2D eigenvalue weighted by atomic mass is 9.44. The summed E-state index contributed by atoms with van der Waals surface area (Å²) in [6.07, 6.45) is 9.36. The van der Waals surface area contributed by atoms with E-state index in [-0.39, 0.29) is 29.4 Å². The van der Waals surface area contributed by atoms with Crippen LogP contribution in [0.2, 0.25) is 0 Å². The Kier molecular flexibility index (Phi) is 7.23. The molecule has 0 radical (unpaired) electrons. The van der Waals surface area contributed by atoms with Crippen molar-refractivity contribution in [1.82, 2.24) is 10.2 Å². The Balaban J connectivity index is 1.37. The number of fused-ring (bicyclic) bond motifs is 5. The Morgan fingerprint density at radius 1 is 0.919 bits per heavy atom. The number of nitrogens with zero attached hydrogens (tertiary/aromatic N) is 1. The van der Waals surface area contributed by atoms with Crippen LogP contribution in [-0.2, 0) is 9.53 Å². The van der Waals surface area contributed by atoms with Gasteiger partial charge in [0.15, 0.2) is 0 Å². The largest absolute Gasteiger partial charge is 0.460 e. The minimum absolute atomic E-state index is 0.0690. The summed E-state index contributed by atoms with van der Waals surface area (Å²) < 4.78 is 6.08. The highest BCUT2D eigenvalue weighted by atomic mass is 16.5. The molecule has 5 rings (SSSR count). The molecule has 1 N–H and O–H groups in total. The van der Waals surface area contributed by atoms with Crippen LogP contribution in [0.1, 0.15) is 89.4 Å². The molecule has 1 aromatic carbocycles. The number of amides is 1. The van der Waals surface area contributed by atoms with Gasteiger partial charge in [0, 0.05) is 24.4 Å². The molecule has 1 amide bonds. The minimum atomic E-state index is -0.247. The lowest BCUT2D eigenvalue weighted by molar-refractivity contribution is -0.179. The van der Waals surface area contributed by atoms with Crippen molar-refractivity contribution in [3.05, 3.63) is 35.9 Å². The third-order valence-corrected chi connectivity index (χ3v) is 11.9. The van der Waals surface area contributed by atoms with Crippen molar-refractivity contribution in [2.24, 2.45) is 40.4 Å². The second-order valence-corrected chi connectivity index (χ2v) is 13.6. The smallest absolute Gasteiger partial charge is 0.302 e. The van der Waals surface area contributed by atoms with E-state index in [2.05, 4.69) is 45.1 Å². The van der Waals surface area contributed by atoms with Crippen LogP contribution in [0, 0.1) is 40.4 Å². The van der Waals surface area contributed by atoms with Gasteiger partial charge >= 0.3 is 5.97 Å². The van der Waals surface area contributed by atoms with Gasteiger partial charge in [0.25, 0.3) is 5.91 Å². The number of carbonyl (C=O) groups excluding carboxylic acids is 2. The molecule has 5 heteroatoms. The van der Waals surface area contributed by atoms with Crippen molar-refractivity contribution in [2.75, 3.05) is 14.1 Å². The fraction of sp³-hybridized carbons (Fsp3) is 0.750. The second-order valence-electron chi connectivity index (χ2n) is 13.6. The topological polar surface area (TPSA) is 58.6 Å². The summed E-state index contributed by atoms with van der Waals surface area (Å²) >= 11 is 0. The van der Waals surface area contributed by atoms with E-state index in [1.54, 1.807) is 0 Å². The van der Waals surface area contributed by atoms with Crippen LogP contribution < -0.4 is 5.32 Å². The molecule has 0 spiro atoms. The van der Waals surface area contributed by atoms with Gasteiger partial charge in [-0.05, 0) is 119 Å². The molecular weight excluding hydrogens is 460 g/mol. The molecule has 0 aromatic heterocycles. The molecule has 0 aliphatic heterocycles. The van der Waals surface area contributed by atoms with Crippen LogP contribution >= 0.6 is 0 Å². The maximum atomic E-state index is 13.1. The Morgan fingerprint density at radius 2 is 1.57 bits per heavy atom. The third-order valence-electron chi connectivity index (χ3n) is 11.9. The van der Waals surface area contributed by atoms with Crippen LogP contribution in [0.25, 0.3) is 0 Å². The van der Waals surface area contributed by atoms with Gasteiger partial charge < -0.3 is 15.0 Å². The van der Waals surface area contributed by atoms with E-state index in [9.17, 15) is 9.59 Å². The molecule has 5 nitrogen and oxygen atoms in total. The van der Waals surface area contributed by atoms with Crippen LogP contribution in [0.5, 0.6) is 0 Å². The lowest BCUT2D eigenvalue weighted by Gasteiger charge is -2.62.